The van der Waals surface area contributed by atoms with Gasteiger partial charge >= 0.3 is 0 Å². The SMILES string of the molecule is COc1ccc(Br)c(COS(C)(=O)=O)c1F.CS(=O)(=O)Cl. The maximum absolute atomic E-state index is 13.7. The van der Waals surface area contributed by atoms with E-state index in [4.69, 9.17) is 4.74 Å². The van der Waals surface area contributed by atoms with E-state index in [0.29, 0.717) is 4.47 Å². The highest BCUT2D eigenvalue weighted by atomic mass is 79.9. The lowest BCUT2D eigenvalue weighted by atomic mass is 10.2. The lowest BCUT2D eigenvalue weighted by molar-refractivity contribution is 0.300. The minimum atomic E-state index is -3.60. The summed E-state index contributed by atoms with van der Waals surface area (Å²) in [6, 6.07) is 2.99. The van der Waals surface area contributed by atoms with Crippen LogP contribution in [0.2, 0.25) is 0 Å². The monoisotopic (exact) mass is 426 g/mol. The summed E-state index contributed by atoms with van der Waals surface area (Å²) in [6.07, 6.45) is 1.83. The van der Waals surface area contributed by atoms with Crippen molar-refractivity contribution in [2.45, 2.75) is 6.61 Å². The molecule has 0 bridgehead atoms. The maximum atomic E-state index is 13.7. The highest BCUT2D eigenvalue weighted by Crippen LogP contribution is 2.28. The van der Waals surface area contributed by atoms with Crippen molar-refractivity contribution in [3.8, 4) is 5.75 Å². The first-order valence-electron chi connectivity index (χ1n) is 5.10. The second-order valence-electron chi connectivity index (χ2n) is 3.69. The third-order valence-corrected chi connectivity index (χ3v) is 3.08. The first-order chi connectivity index (χ1) is 9.35. The first-order valence-corrected chi connectivity index (χ1v) is 10.4. The van der Waals surface area contributed by atoms with Gasteiger partial charge in [-0.3, -0.25) is 4.18 Å². The molecule has 21 heavy (non-hydrogen) atoms. The molecule has 6 nitrogen and oxygen atoms in total. The average Bonchev–Trinajstić information content (AvgIpc) is 2.25. The van der Waals surface area contributed by atoms with Gasteiger partial charge in [0.05, 0.1) is 26.2 Å². The van der Waals surface area contributed by atoms with Crippen molar-refractivity contribution >= 4 is 45.8 Å². The Morgan fingerprint density at radius 3 is 2.10 bits per heavy atom. The zero-order valence-corrected chi connectivity index (χ0v) is 15.2. The van der Waals surface area contributed by atoms with E-state index in [2.05, 4.69) is 30.8 Å². The van der Waals surface area contributed by atoms with Crippen LogP contribution in [0.25, 0.3) is 0 Å². The van der Waals surface area contributed by atoms with Crippen LogP contribution >= 0.6 is 26.6 Å². The Morgan fingerprint density at radius 1 is 1.24 bits per heavy atom. The van der Waals surface area contributed by atoms with E-state index in [-0.39, 0.29) is 17.9 Å². The standard InChI is InChI=1S/C9H10BrFO4S.CH3ClO2S/c1-14-8-4-3-7(10)6(9(8)11)5-15-16(2,12)13;1-5(2,3)4/h3-4H,5H2,1-2H3;1H3. The van der Waals surface area contributed by atoms with Gasteiger partial charge < -0.3 is 4.74 Å². The van der Waals surface area contributed by atoms with E-state index < -0.39 is 25.0 Å². The van der Waals surface area contributed by atoms with Gasteiger partial charge in [-0.1, -0.05) is 15.9 Å². The largest absolute Gasteiger partial charge is 0.494 e. The Hall–Kier alpha value is -0.420. The van der Waals surface area contributed by atoms with E-state index >= 15 is 0 Å². The summed E-state index contributed by atoms with van der Waals surface area (Å²) in [5.41, 5.74) is 0.102. The molecule has 0 saturated heterocycles. The van der Waals surface area contributed by atoms with Gasteiger partial charge in [0.25, 0.3) is 10.1 Å². The van der Waals surface area contributed by atoms with Gasteiger partial charge in [-0.2, -0.15) is 8.42 Å². The van der Waals surface area contributed by atoms with E-state index in [1.165, 1.54) is 13.2 Å². The molecular formula is C10H13BrClFO6S2. The summed E-state index contributed by atoms with van der Waals surface area (Å²) >= 11 is 3.11. The van der Waals surface area contributed by atoms with Crippen LogP contribution in [0.4, 0.5) is 4.39 Å². The second-order valence-corrected chi connectivity index (χ2v) is 9.23. The predicted octanol–water partition coefficient (Wildman–Crippen LogP) is 2.26. The van der Waals surface area contributed by atoms with Crippen molar-refractivity contribution in [2.24, 2.45) is 0 Å². The normalized spacial score (nSPS) is 11.5. The van der Waals surface area contributed by atoms with Crippen molar-refractivity contribution < 1.29 is 30.1 Å². The Labute approximate surface area is 135 Å². The fraction of sp³-hybridized carbons (Fsp3) is 0.400. The minimum absolute atomic E-state index is 0.0373. The van der Waals surface area contributed by atoms with Crippen LogP contribution in [0.5, 0.6) is 5.75 Å². The van der Waals surface area contributed by atoms with Crippen molar-refractivity contribution in [1.29, 1.82) is 0 Å². The van der Waals surface area contributed by atoms with Crippen LogP contribution < -0.4 is 4.74 Å². The number of hydrogen-bond acceptors (Lipinski definition) is 6. The molecule has 0 N–H and O–H groups in total. The summed E-state index contributed by atoms with van der Waals surface area (Å²) in [6.45, 7) is -0.373. The molecule has 0 aliphatic carbocycles. The van der Waals surface area contributed by atoms with Gasteiger partial charge in [0.15, 0.2) is 11.6 Å². The molecule has 0 unspecified atom stereocenters. The molecule has 0 fully saturated rings. The van der Waals surface area contributed by atoms with E-state index in [9.17, 15) is 21.2 Å². The zero-order valence-electron chi connectivity index (χ0n) is 11.3. The molecule has 1 aromatic rings. The van der Waals surface area contributed by atoms with Gasteiger partial charge in [0, 0.05) is 20.7 Å². The summed E-state index contributed by atoms with van der Waals surface area (Å²) in [5, 5.41) is 0. The Balaban J connectivity index is 0.000000690. The molecule has 0 amide bonds. The quantitative estimate of drug-likeness (QED) is 0.541. The van der Waals surface area contributed by atoms with Crippen LogP contribution in [0, 0.1) is 5.82 Å². The van der Waals surface area contributed by atoms with Gasteiger partial charge in [-0.05, 0) is 12.1 Å². The Morgan fingerprint density at radius 2 is 1.71 bits per heavy atom. The lowest BCUT2D eigenvalue weighted by Gasteiger charge is -2.09. The number of methoxy groups -OCH3 is 1. The molecule has 0 heterocycles. The first kappa shape index (κ1) is 20.6. The van der Waals surface area contributed by atoms with Crippen LogP contribution in [-0.2, 0) is 30.0 Å². The molecule has 0 atom stereocenters. The number of ether oxygens (including phenoxy) is 1. The highest BCUT2D eigenvalue weighted by Gasteiger charge is 2.14. The number of halogens is 3. The number of hydrogen-bond donors (Lipinski definition) is 0. The van der Waals surface area contributed by atoms with Crippen LogP contribution in [0.15, 0.2) is 16.6 Å². The third-order valence-electron chi connectivity index (χ3n) is 1.79. The molecular weight excluding hydrogens is 415 g/mol. The smallest absolute Gasteiger partial charge is 0.264 e. The maximum Gasteiger partial charge on any atom is 0.264 e. The number of rotatable bonds is 4. The summed E-state index contributed by atoms with van der Waals surface area (Å²) < 4.78 is 63.8. The topological polar surface area (TPSA) is 86.7 Å². The molecule has 1 aromatic carbocycles. The minimum Gasteiger partial charge on any atom is -0.494 e. The van der Waals surface area contributed by atoms with E-state index in [0.717, 1.165) is 12.5 Å². The zero-order chi connectivity index (χ0) is 16.8. The summed E-state index contributed by atoms with van der Waals surface area (Å²) in [4.78, 5) is 0. The molecule has 0 spiro atoms. The second kappa shape index (κ2) is 8.28. The van der Waals surface area contributed by atoms with Crippen LogP contribution in [0.1, 0.15) is 5.56 Å². The van der Waals surface area contributed by atoms with Crippen LogP contribution in [0.3, 0.4) is 0 Å². The van der Waals surface area contributed by atoms with E-state index in [1.54, 1.807) is 6.07 Å². The summed E-state index contributed by atoms with van der Waals surface area (Å²) in [5.74, 6) is -0.601. The van der Waals surface area contributed by atoms with Gasteiger partial charge in [0.1, 0.15) is 0 Å². The predicted molar refractivity (Wildman–Crippen MR) is 81.0 cm³/mol. The highest BCUT2D eigenvalue weighted by molar-refractivity contribution is 9.10. The third kappa shape index (κ3) is 10.0. The molecule has 122 valence electrons. The van der Waals surface area contributed by atoms with Gasteiger partial charge in [-0.25, -0.2) is 12.8 Å². The molecule has 0 aliphatic rings. The van der Waals surface area contributed by atoms with Crippen molar-refractivity contribution in [3.05, 3.63) is 28.0 Å². The van der Waals surface area contributed by atoms with Crippen molar-refractivity contribution in [3.63, 3.8) is 0 Å². The average molecular weight is 428 g/mol. The fourth-order valence-electron chi connectivity index (χ4n) is 1.03. The van der Waals surface area contributed by atoms with Gasteiger partial charge in [0.2, 0.25) is 9.05 Å². The molecule has 0 aliphatic heterocycles. The fourth-order valence-corrected chi connectivity index (χ4v) is 1.78. The lowest BCUT2D eigenvalue weighted by Crippen LogP contribution is -2.05. The molecule has 0 radical (unpaired) electrons. The van der Waals surface area contributed by atoms with Crippen molar-refractivity contribution in [2.75, 3.05) is 19.6 Å². The van der Waals surface area contributed by atoms with E-state index in [1.807, 2.05) is 0 Å². The molecule has 11 heteroatoms. The summed E-state index contributed by atoms with van der Waals surface area (Å²) in [7, 11) is -0.969. The molecule has 0 aromatic heterocycles. The Bertz CT molecular complexity index is 682. The number of benzene rings is 1. The van der Waals surface area contributed by atoms with Crippen LogP contribution in [-0.4, -0.2) is 36.5 Å². The van der Waals surface area contributed by atoms with Gasteiger partial charge in [-0.15, -0.1) is 0 Å². The van der Waals surface area contributed by atoms with Crippen molar-refractivity contribution in [1.82, 2.24) is 0 Å². The molecule has 1 rings (SSSR count). The molecule has 0 saturated carbocycles. The Kier molecular flexibility index (Phi) is 8.11.